The van der Waals surface area contributed by atoms with Gasteiger partial charge in [0.1, 0.15) is 25.4 Å². The molecule has 131 heavy (non-hydrogen) atoms. The SMILES string of the molecule is CC/C=C\C/C=C\C/C=C\C/C=C\C/C=C\C/C=C\CCCCCCCCCCCCCCCCCCC(=O)OCC(O)COP(=O)(O)OCC(O)COP(=O)(O)OCC(COC(=O)CCCCCCCCCCCCCCCCCCC/C=C\C/C=C\C/C=C\C/C=C\CCCCC)OC(=O)CCCCCCCCCC/C=C\C/C=C\C/C=C\C/C=C\C/C=C\C/C=C\CC. The molecule has 0 saturated heterocycles. The standard InChI is InChI=1S/C113H192O16P2/c1-4-7-10-13-16-19-22-25-28-31-34-37-40-43-46-48-50-52-53-55-57-58-61-63-66-69-72-75-78-81-84-87-90-93-96-99-111(116)123-102-108(114)103-125-130(119,120)126-104-109(115)105-127-131(121,122)128-107-110(129-113(118)101-98-95-92-89-86-83-80-77-74-71-68-65-60-45-42-39-36-33-30-27-24-21-18-15-12-9-6-3)106-124-112(117)100-97-94-91-88-85-82-79-76-73-70-67-64-62-59-56-54-51-49-47-44-41-38-35-32-29-26-23-20-17-14-11-8-5-2/h7,9-10,12,16-21,25-30,34-39,43-47,50,52,60,68,71,108-110,114-115H,4-6,8,11,13-15,22-24,31-33,40-42,48-49,51,53-59,61-67,69-70,72-107H2,1-3H3,(H,119,120)(H,121,122)/b10-7-,12-9-,19-16-,20-17-,21-18-,28-25-,29-26-,30-27-,37-34-,38-35-,39-36-,46-43-,47-44-,52-50-,60-45-,71-68-. The van der Waals surface area contributed by atoms with Crippen LogP contribution < -0.4 is 0 Å². The highest BCUT2D eigenvalue weighted by atomic mass is 31.2. The molecule has 0 aromatic carbocycles. The number of carbonyl (C=O) groups is 3. The summed E-state index contributed by atoms with van der Waals surface area (Å²) < 4.78 is 61.7. The molecule has 18 heteroatoms. The van der Waals surface area contributed by atoms with E-state index in [1.165, 1.54) is 205 Å². The average Bonchev–Trinajstić information content (AvgIpc) is 0.885. The molecule has 750 valence electrons. The van der Waals surface area contributed by atoms with Crippen LogP contribution in [0.2, 0.25) is 0 Å². The Balaban J connectivity index is 4.60. The molecular formula is C113H192O16P2. The number of aliphatic hydroxyl groups is 2. The number of hydrogen-bond acceptors (Lipinski definition) is 14. The second-order valence-corrected chi connectivity index (χ2v) is 37.8. The molecule has 5 unspecified atom stereocenters. The van der Waals surface area contributed by atoms with E-state index < -0.39 is 91.5 Å². The molecule has 0 heterocycles. The van der Waals surface area contributed by atoms with Gasteiger partial charge in [0, 0.05) is 19.3 Å². The Hall–Kier alpha value is -5.61. The molecule has 0 fully saturated rings. The average molecular weight is 1870 g/mol. The van der Waals surface area contributed by atoms with Crippen molar-refractivity contribution in [2.45, 2.75) is 463 Å². The summed E-state index contributed by atoms with van der Waals surface area (Å²) in [5, 5.41) is 20.8. The number of unbranched alkanes of at least 4 members (excludes halogenated alkanes) is 44. The van der Waals surface area contributed by atoms with E-state index in [4.69, 9.17) is 32.3 Å². The van der Waals surface area contributed by atoms with Crippen molar-refractivity contribution >= 4 is 33.6 Å². The van der Waals surface area contributed by atoms with E-state index in [1.54, 1.807) is 0 Å². The van der Waals surface area contributed by atoms with Gasteiger partial charge < -0.3 is 34.2 Å². The van der Waals surface area contributed by atoms with Gasteiger partial charge in [-0.05, 0) is 167 Å². The van der Waals surface area contributed by atoms with Gasteiger partial charge in [-0.25, -0.2) is 9.13 Å². The van der Waals surface area contributed by atoms with Crippen LogP contribution in [0.15, 0.2) is 194 Å². The summed E-state index contributed by atoms with van der Waals surface area (Å²) in [6, 6.07) is 0. The quantitative estimate of drug-likeness (QED) is 0.0146. The Morgan fingerprint density at radius 2 is 0.405 bits per heavy atom. The van der Waals surface area contributed by atoms with E-state index in [2.05, 4.69) is 215 Å². The van der Waals surface area contributed by atoms with Crippen molar-refractivity contribution in [3.63, 3.8) is 0 Å². The van der Waals surface area contributed by atoms with E-state index >= 15 is 0 Å². The molecule has 0 aliphatic carbocycles. The monoisotopic (exact) mass is 1870 g/mol. The van der Waals surface area contributed by atoms with E-state index in [0.29, 0.717) is 19.3 Å². The summed E-state index contributed by atoms with van der Waals surface area (Å²) in [5.74, 6) is -1.57. The third-order valence-electron chi connectivity index (χ3n) is 22.3. The van der Waals surface area contributed by atoms with Gasteiger partial charge in [0.25, 0.3) is 0 Å². The molecule has 0 aliphatic rings. The molecule has 0 aromatic heterocycles. The summed E-state index contributed by atoms with van der Waals surface area (Å²) in [6.45, 7) is 2.49. The predicted molar refractivity (Wildman–Crippen MR) is 555 cm³/mol. The van der Waals surface area contributed by atoms with Crippen LogP contribution in [0.5, 0.6) is 0 Å². The van der Waals surface area contributed by atoms with Gasteiger partial charge >= 0.3 is 33.6 Å². The van der Waals surface area contributed by atoms with Crippen LogP contribution in [0.3, 0.4) is 0 Å². The minimum Gasteiger partial charge on any atom is -0.463 e. The number of hydrogen-bond donors (Lipinski definition) is 4. The molecule has 5 atom stereocenters. The lowest BCUT2D eigenvalue weighted by atomic mass is 10.0. The van der Waals surface area contributed by atoms with Crippen LogP contribution in [0.25, 0.3) is 0 Å². The predicted octanol–water partition coefficient (Wildman–Crippen LogP) is 33.7. The molecule has 0 spiro atoms. The Morgan fingerprint density at radius 3 is 0.641 bits per heavy atom. The fourth-order valence-corrected chi connectivity index (χ4v) is 16.0. The zero-order valence-electron chi connectivity index (χ0n) is 83.2. The van der Waals surface area contributed by atoms with Gasteiger partial charge in [0.15, 0.2) is 6.10 Å². The smallest absolute Gasteiger partial charge is 0.463 e. The van der Waals surface area contributed by atoms with Crippen molar-refractivity contribution in [2.24, 2.45) is 0 Å². The van der Waals surface area contributed by atoms with Crippen LogP contribution in [0.1, 0.15) is 445 Å². The Morgan fingerprint density at radius 1 is 0.221 bits per heavy atom. The molecule has 0 aliphatic heterocycles. The Labute approximate surface area is 801 Å². The second kappa shape index (κ2) is 103. The summed E-state index contributed by atoms with van der Waals surface area (Å²) in [7, 11) is -9.83. The summed E-state index contributed by atoms with van der Waals surface area (Å²) in [5.41, 5.74) is 0. The van der Waals surface area contributed by atoms with Gasteiger partial charge in [-0.1, -0.05) is 453 Å². The third-order valence-corrected chi connectivity index (χ3v) is 24.2. The second-order valence-electron chi connectivity index (χ2n) is 34.9. The van der Waals surface area contributed by atoms with Crippen molar-refractivity contribution in [1.82, 2.24) is 0 Å². The van der Waals surface area contributed by atoms with E-state index in [0.717, 1.165) is 180 Å². The Kier molecular flexibility index (Phi) is 98.9. The number of phosphoric acid groups is 2. The Bertz CT molecular complexity index is 3160. The largest absolute Gasteiger partial charge is 0.472 e. The maximum Gasteiger partial charge on any atom is 0.472 e. The molecular weight excluding hydrogens is 1680 g/mol. The first-order valence-electron chi connectivity index (χ1n) is 52.7. The molecule has 4 N–H and O–H groups in total. The topological polar surface area (TPSA) is 231 Å². The highest BCUT2D eigenvalue weighted by Gasteiger charge is 2.30. The molecule has 0 rings (SSSR count). The van der Waals surface area contributed by atoms with Gasteiger partial charge in [0.05, 0.1) is 26.4 Å². The first-order chi connectivity index (χ1) is 64.2. The lowest BCUT2D eigenvalue weighted by Gasteiger charge is -2.21. The highest BCUT2D eigenvalue weighted by Crippen LogP contribution is 2.45. The fourth-order valence-electron chi connectivity index (χ4n) is 14.4. The molecule has 0 saturated carbocycles. The number of carbonyl (C=O) groups excluding carboxylic acids is 3. The number of aliphatic hydroxyl groups excluding tert-OH is 2. The number of esters is 3. The number of allylic oxidation sites excluding steroid dienone is 32. The minimum atomic E-state index is -4.95. The van der Waals surface area contributed by atoms with Crippen LogP contribution in [-0.2, 0) is 55.8 Å². The number of phosphoric ester groups is 2. The highest BCUT2D eigenvalue weighted by molar-refractivity contribution is 7.47. The van der Waals surface area contributed by atoms with Gasteiger partial charge in [-0.2, -0.15) is 0 Å². The maximum absolute atomic E-state index is 13.1. The molecule has 0 radical (unpaired) electrons. The minimum absolute atomic E-state index is 0.0905. The third kappa shape index (κ3) is 105. The first-order valence-corrected chi connectivity index (χ1v) is 55.7. The van der Waals surface area contributed by atoms with Crippen LogP contribution in [-0.4, -0.2) is 95.9 Å². The summed E-state index contributed by atoms with van der Waals surface area (Å²) >= 11 is 0. The van der Waals surface area contributed by atoms with Crippen molar-refractivity contribution < 1.29 is 75.8 Å². The number of rotatable bonds is 99. The van der Waals surface area contributed by atoms with Gasteiger partial charge in [-0.3, -0.25) is 32.5 Å². The van der Waals surface area contributed by atoms with Gasteiger partial charge in [-0.15, -0.1) is 0 Å². The summed E-state index contributed by atoms with van der Waals surface area (Å²) in [6.07, 6.45) is 139. The summed E-state index contributed by atoms with van der Waals surface area (Å²) in [4.78, 5) is 59.3. The zero-order chi connectivity index (χ0) is 95.0. The zero-order valence-corrected chi connectivity index (χ0v) is 85.0. The molecule has 0 aromatic rings. The number of ether oxygens (including phenoxy) is 3. The van der Waals surface area contributed by atoms with Crippen molar-refractivity contribution in [3.8, 4) is 0 Å². The maximum atomic E-state index is 13.1. The lowest BCUT2D eigenvalue weighted by molar-refractivity contribution is -0.161. The normalized spacial score (nSPS) is 14.4. The molecule has 0 bridgehead atoms. The van der Waals surface area contributed by atoms with Crippen molar-refractivity contribution in [3.05, 3.63) is 194 Å². The van der Waals surface area contributed by atoms with Crippen LogP contribution in [0.4, 0.5) is 0 Å². The van der Waals surface area contributed by atoms with E-state index in [9.17, 15) is 43.5 Å². The first kappa shape index (κ1) is 125. The molecule has 0 amide bonds. The molecule has 16 nitrogen and oxygen atoms in total. The van der Waals surface area contributed by atoms with Crippen molar-refractivity contribution in [2.75, 3.05) is 39.6 Å². The van der Waals surface area contributed by atoms with Crippen LogP contribution >= 0.6 is 15.6 Å². The fraction of sp³-hybridized carbons (Fsp3) is 0.690. The van der Waals surface area contributed by atoms with Crippen molar-refractivity contribution in [1.29, 1.82) is 0 Å². The lowest BCUT2D eigenvalue weighted by Crippen LogP contribution is -2.30. The van der Waals surface area contributed by atoms with E-state index in [-0.39, 0.29) is 19.3 Å². The van der Waals surface area contributed by atoms with Crippen LogP contribution in [0, 0.1) is 0 Å². The van der Waals surface area contributed by atoms with Gasteiger partial charge in [0.2, 0.25) is 0 Å². The van der Waals surface area contributed by atoms with E-state index in [1.807, 2.05) is 0 Å².